The Kier molecular flexibility index (Phi) is 6.33. The summed E-state index contributed by atoms with van der Waals surface area (Å²) in [6, 6.07) is 10.1. The van der Waals surface area contributed by atoms with Crippen LogP contribution < -0.4 is 10.5 Å². The molecule has 2 aromatic rings. The van der Waals surface area contributed by atoms with Crippen LogP contribution in [0.4, 0.5) is 18.9 Å². The smallest absolute Gasteiger partial charge is 0.418 e. The lowest BCUT2D eigenvalue weighted by Crippen LogP contribution is -2.10. The van der Waals surface area contributed by atoms with Gasteiger partial charge in [0.1, 0.15) is 17.9 Å². The predicted octanol–water partition coefficient (Wildman–Crippen LogP) is 4.03. The molecular weight excluding hydrogens is 363 g/mol. The molecule has 2 rings (SSSR count). The number of methoxy groups -OCH3 is 2. The highest BCUT2D eigenvalue weighted by molar-refractivity contribution is 6.16. The van der Waals surface area contributed by atoms with Crippen molar-refractivity contribution in [3.63, 3.8) is 0 Å². The molecule has 0 radical (unpaired) electrons. The van der Waals surface area contributed by atoms with E-state index >= 15 is 0 Å². The first-order valence-electron chi connectivity index (χ1n) is 7.77. The number of esters is 1. The maximum Gasteiger partial charge on any atom is 0.418 e. The molecule has 0 amide bonds. The lowest BCUT2D eigenvalue weighted by Gasteiger charge is -2.15. The van der Waals surface area contributed by atoms with Crippen molar-refractivity contribution in [2.24, 2.45) is 0 Å². The zero-order valence-electron chi connectivity index (χ0n) is 14.7. The number of nitrogens with two attached hydrogens (primary N) is 1. The lowest BCUT2D eigenvalue weighted by molar-refractivity contribution is -0.137. The highest BCUT2D eigenvalue weighted by Gasteiger charge is 2.33. The Balaban J connectivity index is 2.30. The molecule has 5 nitrogen and oxygen atoms in total. The third-order valence-corrected chi connectivity index (χ3v) is 3.67. The van der Waals surface area contributed by atoms with Gasteiger partial charge >= 0.3 is 12.1 Å². The number of carbonyl (C=O) groups excluding carboxylic acids is 1. The van der Waals surface area contributed by atoms with E-state index in [2.05, 4.69) is 0 Å². The molecule has 0 aliphatic carbocycles. The molecule has 0 bridgehead atoms. The molecule has 2 N–H and O–H groups in total. The summed E-state index contributed by atoms with van der Waals surface area (Å²) >= 11 is 0. The zero-order chi connectivity index (χ0) is 20.0. The highest BCUT2D eigenvalue weighted by atomic mass is 19.4. The summed E-state index contributed by atoms with van der Waals surface area (Å²) in [5, 5.41) is 0. The average Bonchev–Trinajstić information content (AvgIpc) is 2.64. The van der Waals surface area contributed by atoms with E-state index < -0.39 is 17.7 Å². The van der Waals surface area contributed by atoms with Gasteiger partial charge in [-0.1, -0.05) is 24.3 Å². The number of alkyl halides is 3. The molecule has 0 aliphatic rings. The van der Waals surface area contributed by atoms with Crippen LogP contribution >= 0.6 is 0 Å². The summed E-state index contributed by atoms with van der Waals surface area (Å²) in [6.07, 6.45) is -3.35. The normalized spacial score (nSPS) is 11.8. The van der Waals surface area contributed by atoms with Crippen molar-refractivity contribution in [3.05, 3.63) is 65.4 Å². The molecule has 0 heterocycles. The van der Waals surface area contributed by atoms with Crippen molar-refractivity contribution in [3.8, 4) is 5.75 Å². The Morgan fingerprint density at radius 3 is 2.48 bits per heavy atom. The first-order valence-corrected chi connectivity index (χ1v) is 7.77. The van der Waals surface area contributed by atoms with Gasteiger partial charge in [-0.2, -0.15) is 13.2 Å². The predicted molar refractivity (Wildman–Crippen MR) is 93.6 cm³/mol. The number of benzene rings is 2. The van der Waals surface area contributed by atoms with Crippen molar-refractivity contribution in [1.29, 1.82) is 0 Å². The standard InChI is InChI=1S/C19H18F3NO4/c1-25-11-15(18(24)26-2)14-6-4-3-5-12(14)10-27-13-7-8-17(23)16(9-13)19(20,21)22/h3-9,11H,10,23H2,1-2H3. The van der Waals surface area contributed by atoms with E-state index in [0.717, 1.165) is 12.1 Å². The van der Waals surface area contributed by atoms with E-state index in [1.165, 1.54) is 26.5 Å². The monoisotopic (exact) mass is 381 g/mol. The van der Waals surface area contributed by atoms with Crippen LogP contribution in [0.25, 0.3) is 5.57 Å². The second kappa shape index (κ2) is 8.48. The van der Waals surface area contributed by atoms with Crippen LogP contribution in [0.2, 0.25) is 0 Å². The topological polar surface area (TPSA) is 70.8 Å². The van der Waals surface area contributed by atoms with Crippen molar-refractivity contribution in [1.82, 2.24) is 0 Å². The molecule has 144 valence electrons. The maximum atomic E-state index is 13.0. The van der Waals surface area contributed by atoms with E-state index in [0.29, 0.717) is 11.1 Å². The van der Waals surface area contributed by atoms with E-state index in [1.807, 2.05) is 0 Å². The number of ether oxygens (including phenoxy) is 3. The minimum Gasteiger partial charge on any atom is -0.503 e. The fourth-order valence-corrected chi connectivity index (χ4v) is 2.39. The summed E-state index contributed by atoms with van der Waals surface area (Å²) in [4.78, 5) is 12.0. The van der Waals surface area contributed by atoms with Gasteiger partial charge < -0.3 is 19.9 Å². The Bertz CT molecular complexity index is 847. The maximum absolute atomic E-state index is 13.0. The van der Waals surface area contributed by atoms with Gasteiger partial charge in [0.25, 0.3) is 0 Å². The summed E-state index contributed by atoms with van der Waals surface area (Å²) < 4.78 is 54.0. The van der Waals surface area contributed by atoms with Crippen molar-refractivity contribution >= 4 is 17.2 Å². The molecule has 0 unspecified atom stereocenters. The Labute approximate surface area is 154 Å². The zero-order valence-corrected chi connectivity index (χ0v) is 14.7. The summed E-state index contributed by atoms with van der Waals surface area (Å²) in [6.45, 7) is -0.0740. The third kappa shape index (κ3) is 4.93. The van der Waals surface area contributed by atoms with E-state index in [9.17, 15) is 18.0 Å². The molecule has 0 aromatic heterocycles. The lowest BCUT2D eigenvalue weighted by atomic mass is 10.0. The SMILES string of the molecule is COC=C(C(=O)OC)c1ccccc1COc1ccc(N)c(C(F)(F)F)c1. The third-order valence-electron chi connectivity index (χ3n) is 3.67. The number of rotatable bonds is 6. The number of nitrogen functional groups attached to an aromatic ring is 1. The van der Waals surface area contributed by atoms with Crippen LogP contribution in [0.1, 0.15) is 16.7 Å². The Hall–Kier alpha value is -3.16. The van der Waals surface area contributed by atoms with Crippen LogP contribution in [-0.2, 0) is 27.1 Å². The van der Waals surface area contributed by atoms with Crippen molar-refractivity contribution in [2.45, 2.75) is 12.8 Å². The molecule has 0 fully saturated rings. The average molecular weight is 381 g/mol. The van der Waals surface area contributed by atoms with Gasteiger partial charge in [-0.3, -0.25) is 0 Å². The first-order chi connectivity index (χ1) is 12.8. The van der Waals surface area contributed by atoms with Crippen molar-refractivity contribution < 1.29 is 32.2 Å². The Morgan fingerprint density at radius 1 is 1.15 bits per heavy atom. The molecule has 0 saturated carbocycles. The molecular formula is C19H18F3NO4. The fraction of sp³-hybridized carbons (Fsp3) is 0.211. The van der Waals surface area contributed by atoms with Crippen LogP contribution in [0, 0.1) is 0 Å². The highest BCUT2D eigenvalue weighted by Crippen LogP contribution is 2.36. The van der Waals surface area contributed by atoms with Gasteiger partial charge in [0, 0.05) is 5.69 Å². The second-order valence-corrected chi connectivity index (χ2v) is 5.45. The van der Waals surface area contributed by atoms with Gasteiger partial charge in [-0.25, -0.2) is 4.79 Å². The quantitative estimate of drug-likeness (QED) is 0.354. The number of carbonyl (C=O) groups is 1. The minimum absolute atomic E-state index is 0.00154. The van der Waals surface area contributed by atoms with E-state index in [-0.39, 0.29) is 23.6 Å². The van der Waals surface area contributed by atoms with E-state index in [1.54, 1.807) is 24.3 Å². The van der Waals surface area contributed by atoms with Crippen LogP contribution in [0.15, 0.2) is 48.7 Å². The second-order valence-electron chi connectivity index (χ2n) is 5.45. The summed E-state index contributed by atoms with van der Waals surface area (Å²) in [7, 11) is 2.62. The van der Waals surface area contributed by atoms with E-state index in [4.69, 9.17) is 19.9 Å². The van der Waals surface area contributed by atoms with Gasteiger partial charge in [0.2, 0.25) is 0 Å². The molecule has 27 heavy (non-hydrogen) atoms. The van der Waals surface area contributed by atoms with Gasteiger partial charge in [-0.05, 0) is 29.3 Å². The molecule has 8 heteroatoms. The van der Waals surface area contributed by atoms with Crippen LogP contribution in [-0.4, -0.2) is 20.2 Å². The minimum atomic E-state index is -4.58. The van der Waals surface area contributed by atoms with Gasteiger partial charge in [-0.15, -0.1) is 0 Å². The molecule has 0 aliphatic heterocycles. The van der Waals surface area contributed by atoms with Crippen LogP contribution in [0.3, 0.4) is 0 Å². The molecule has 0 spiro atoms. The number of anilines is 1. The van der Waals surface area contributed by atoms with Crippen molar-refractivity contribution in [2.75, 3.05) is 20.0 Å². The number of hydrogen-bond donors (Lipinski definition) is 1. The number of halogens is 3. The molecule has 0 saturated heterocycles. The summed E-state index contributed by atoms with van der Waals surface area (Å²) in [5.41, 5.74) is 5.24. The summed E-state index contributed by atoms with van der Waals surface area (Å²) in [5.74, 6) is -0.613. The fourth-order valence-electron chi connectivity index (χ4n) is 2.39. The van der Waals surface area contributed by atoms with Crippen LogP contribution in [0.5, 0.6) is 5.75 Å². The van der Waals surface area contributed by atoms with Gasteiger partial charge in [0.05, 0.1) is 26.0 Å². The largest absolute Gasteiger partial charge is 0.503 e. The van der Waals surface area contributed by atoms with Gasteiger partial charge in [0.15, 0.2) is 0 Å². The molecule has 2 aromatic carbocycles. The number of hydrogen-bond acceptors (Lipinski definition) is 5. The molecule has 0 atom stereocenters. The Morgan fingerprint density at radius 2 is 1.85 bits per heavy atom. The first kappa shape index (κ1) is 20.2.